The molecule has 0 heterocycles. The maximum atomic E-state index is 13.7. The van der Waals surface area contributed by atoms with Crippen molar-refractivity contribution in [3.63, 3.8) is 0 Å². The maximum Gasteiger partial charge on any atom is 0.243 e. The van der Waals surface area contributed by atoms with Crippen molar-refractivity contribution in [1.29, 1.82) is 0 Å². The molecule has 0 bridgehead atoms. The van der Waals surface area contributed by atoms with Crippen LogP contribution in [-0.2, 0) is 16.6 Å². The number of hydrogen-bond acceptors (Lipinski definition) is 3. The topological polar surface area (TPSA) is 46.6 Å². The standard InChI is InChI=1S/C15H15BrFNO3S/c1-18(10-11-6-7-15(21-2)14(17)8-11)22(19,20)13-5-3-4-12(16)9-13/h3-9H,10H2,1-2H3. The fourth-order valence-electron chi connectivity index (χ4n) is 1.96. The third kappa shape index (κ3) is 3.66. The second kappa shape index (κ2) is 6.76. The van der Waals surface area contributed by atoms with E-state index in [0.717, 1.165) is 0 Å². The quantitative estimate of drug-likeness (QED) is 0.789. The zero-order valence-electron chi connectivity index (χ0n) is 12.1. The molecule has 0 saturated carbocycles. The van der Waals surface area contributed by atoms with Crippen molar-refractivity contribution in [2.45, 2.75) is 11.4 Å². The number of halogens is 2. The average Bonchev–Trinajstić information content (AvgIpc) is 2.47. The van der Waals surface area contributed by atoms with E-state index in [1.807, 2.05) is 0 Å². The van der Waals surface area contributed by atoms with Gasteiger partial charge in [-0.15, -0.1) is 0 Å². The van der Waals surface area contributed by atoms with Crippen LogP contribution in [0.2, 0.25) is 0 Å². The average molecular weight is 388 g/mol. The lowest BCUT2D eigenvalue weighted by Crippen LogP contribution is -2.26. The predicted octanol–water partition coefficient (Wildman–Crippen LogP) is 3.42. The summed E-state index contributed by atoms with van der Waals surface area (Å²) in [6.45, 7) is 0.0652. The van der Waals surface area contributed by atoms with Gasteiger partial charge in [-0.2, -0.15) is 4.31 Å². The highest BCUT2D eigenvalue weighted by atomic mass is 79.9. The van der Waals surface area contributed by atoms with E-state index < -0.39 is 15.8 Å². The number of hydrogen-bond donors (Lipinski definition) is 0. The SMILES string of the molecule is COc1ccc(CN(C)S(=O)(=O)c2cccc(Br)c2)cc1F. The first-order chi connectivity index (χ1) is 10.3. The molecule has 0 N–H and O–H groups in total. The first kappa shape index (κ1) is 16.9. The normalized spacial score (nSPS) is 11.7. The van der Waals surface area contributed by atoms with E-state index in [1.165, 1.54) is 42.7 Å². The minimum Gasteiger partial charge on any atom is -0.494 e. The van der Waals surface area contributed by atoms with Gasteiger partial charge in [0.15, 0.2) is 11.6 Å². The van der Waals surface area contributed by atoms with Gasteiger partial charge in [0.2, 0.25) is 10.0 Å². The molecule has 0 atom stereocenters. The Morgan fingerprint density at radius 3 is 2.55 bits per heavy atom. The summed E-state index contributed by atoms with van der Waals surface area (Å²) in [4.78, 5) is 0.179. The molecule has 0 aliphatic carbocycles. The summed E-state index contributed by atoms with van der Waals surface area (Å²) in [5, 5.41) is 0. The highest BCUT2D eigenvalue weighted by Crippen LogP contribution is 2.22. The van der Waals surface area contributed by atoms with Crippen molar-refractivity contribution in [3.8, 4) is 5.75 Å². The van der Waals surface area contributed by atoms with E-state index in [4.69, 9.17) is 4.74 Å². The Morgan fingerprint density at radius 1 is 1.23 bits per heavy atom. The van der Waals surface area contributed by atoms with Gasteiger partial charge < -0.3 is 4.74 Å². The third-order valence-electron chi connectivity index (χ3n) is 3.13. The van der Waals surface area contributed by atoms with Gasteiger partial charge in [-0.25, -0.2) is 12.8 Å². The van der Waals surface area contributed by atoms with E-state index >= 15 is 0 Å². The fourth-order valence-corrected chi connectivity index (χ4v) is 3.71. The van der Waals surface area contributed by atoms with Crippen LogP contribution < -0.4 is 4.74 Å². The lowest BCUT2D eigenvalue weighted by atomic mass is 10.2. The fraction of sp³-hybridized carbons (Fsp3) is 0.200. The lowest BCUT2D eigenvalue weighted by Gasteiger charge is -2.17. The molecule has 0 radical (unpaired) electrons. The van der Waals surface area contributed by atoms with Gasteiger partial charge in [-0.3, -0.25) is 0 Å². The van der Waals surface area contributed by atoms with Crippen LogP contribution in [0, 0.1) is 5.82 Å². The van der Waals surface area contributed by atoms with Crippen LogP contribution >= 0.6 is 15.9 Å². The number of rotatable bonds is 5. The zero-order chi connectivity index (χ0) is 16.3. The second-order valence-corrected chi connectivity index (χ2v) is 7.65. The molecule has 2 rings (SSSR count). The molecule has 7 heteroatoms. The van der Waals surface area contributed by atoms with Crippen LogP contribution in [0.5, 0.6) is 5.75 Å². The summed E-state index contributed by atoms with van der Waals surface area (Å²) in [6.07, 6.45) is 0. The first-order valence-corrected chi connectivity index (χ1v) is 8.62. The minimum absolute atomic E-state index is 0.0652. The summed E-state index contributed by atoms with van der Waals surface area (Å²) >= 11 is 3.25. The molecule has 0 unspecified atom stereocenters. The summed E-state index contributed by atoms with van der Waals surface area (Å²) in [6, 6.07) is 10.8. The largest absolute Gasteiger partial charge is 0.494 e. The Morgan fingerprint density at radius 2 is 1.95 bits per heavy atom. The Bertz CT molecular complexity index is 780. The Balaban J connectivity index is 2.24. The van der Waals surface area contributed by atoms with Gasteiger partial charge in [0.25, 0.3) is 0 Å². The van der Waals surface area contributed by atoms with E-state index in [9.17, 15) is 12.8 Å². The highest BCUT2D eigenvalue weighted by Gasteiger charge is 2.21. The molecule has 4 nitrogen and oxygen atoms in total. The Kier molecular flexibility index (Phi) is 5.20. The van der Waals surface area contributed by atoms with Gasteiger partial charge >= 0.3 is 0 Å². The molecule has 0 spiro atoms. The molecule has 0 aliphatic rings. The van der Waals surface area contributed by atoms with E-state index in [2.05, 4.69) is 15.9 Å². The lowest BCUT2D eigenvalue weighted by molar-refractivity contribution is 0.385. The molecular formula is C15H15BrFNO3S. The second-order valence-electron chi connectivity index (χ2n) is 4.69. The van der Waals surface area contributed by atoms with E-state index in [0.29, 0.717) is 10.0 Å². The van der Waals surface area contributed by atoms with Crippen molar-refractivity contribution < 1.29 is 17.5 Å². The van der Waals surface area contributed by atoms with Crippen molar-refractivity contribution in [2.75, 3.05) is 14.2 Å². The summed E-state index contributed by atoms with van der Waals surface area (Å²) < 4.78 is 45.3. The number of methoxy groups -OCH3 is 1. The smallest absolute Gasteiger partial charge is 0.243 e. The van der Waals surface area contributed by atoms with Crippen LogP contribution in [0.25, 0.3) is 0 Å². The third-order valence-corrected chi connectivity index (χ3v) is 5.42. The van der Waals surface area contributed by atoms with Gasteiger partial charge in [-0.1, -0.05) is 28.1 Å². The summed E-state index contributed by atoms with van der Waals surface area (Å²) in [5.41, 5.74) is 0.541. The van der Waals surface area contributed by atoms with Gasteiger partial charge in [0.05, 0.1) is 12.0 Å². The van der Waals surface area contributed by atoms with Crippen LogP contribution in [0.1, 0.15) is 5.56 Å². The van der Waals surface area contributed by atoms with Crippen molar-refractivity contribution in [1.82, 2.24) is 4.31 Å². The van der Waals surface area contributed by atoms with Gasteiger partial charge in [0.1, 0.15) is 0 Å². The van der Waals surface area contributed by atoms with E-state index in [1.54, 1.807) is 18.2 Å². The predicted molar refractivity (Wildman–Crippen MR) is 85.7 cm³/mol. The molecule has 0 fully saturated rings. The van der Waals surface area contributed by atoms with Crippen molar-refractivity contribution in [2.24, 2.45) is 0 Å². The summed E-state index contributed by atoms with van der Waals surface area (Å²) in [5.74, 6) is -0.394. The first-order valence-electron chi connectivity index (χ1n) is 6.39. The van der Waals surface area contributed by atoms with Crippen LogP contribution in [0.4, 0.5) is 4.39 Å². The van der Waals surface area contributed by atoms with Crippen LogP contribution in [0.3, 0.4) is 0 Å². The van der Waals surface area contributed by atoms with Gasteiger partial charge in [0, 0.05) is 18.1 Å². The van der Waals surface area contributed by atoms with Crippen LogP contribution in [-0.4, -0.2) is 26.9 Å². The number of nitrogens with zero attached hydrogens (tertiary/aromatic N) is 1. The molecule has 2 aromatic rings. The molecular weight excluding hydrogens is 373 g/mol. The Labute approximate surface area is 137 Å². The highest BCUT2D eigenvalue weighted by molar-refractivity contribution is 9.10. The monoisotopic (exact) mass is 387 g/mol. The summed E-state index contributed by atoms with van der Waals surface area (Å²) in [7, 11) is -0.805. The molecule has 0 aliphatic heterocycles. The molecule has 22 heavy (non-hydrogen) atoms. The minimum atomic E-state index is -3.64. The van der Waals surface area contributed by atoms with Crippen molar-refractivity contribution >= 4 is 26.0 Å². The van der Waals surface area contributed by atoms with Crippen molar-refractivity contribution in [3.05, 3.63) is 58.3 Å². The number of benzene rings is 2. The number of sulfonamides is 1. The zero-order valence-corrected chi connectivity index (χ0v) is 14.5. The number of ether oxygens (including phenoxy) is 1. The molecule has 0 amide bonds. The maximum absolute atomic E-state index is 13.7. The van der Waals surface area contributed by atoms with Gasteiger partial charge in [-0.05, 0) is 35.9 Å². The molecule has 0 saturated heterocycles. The molecule has 0 aromatic heterocycles. The van der Waals surface area contributed by atoms with Crippen LogP contribution in [0.15, 0.2) is 51.8 Å². The Hall–Kier alpha value is -1.44. The van der Waals surface area contributed by atoms with E-state index in [-0.39, 0.29) is 17.2 Å². The molecule has 2 aromatic carbocycles. The molecule has 118 valence electrons.